The standard InChI is InChI=1S/C26H31N7O3/c1-26(2)21-19(23(31-30-21)29-24(35)18-13-9-8-12-17(18)22(27)34)14-33(26)25(36)28-20(15-32(3)4)16-10-6-5-7-11-16/h5-13,20H,14-15H2,1-4H3,(H2,27,34)(H,28,36)(H2,29,30,31,35)/t20-/m1/s1. The summed E-state index contributed by atoms with van der Waals surface area (Å²) in [5.74, 6) is -0.886. The minimum absolute atomic E-state index is 0.122. The van der Waals surface area contributed by atoms with Crippen molar-refractivity contribution in [3.05, 3.63) is 82.5 Å². The molecule has 0 saturated carbocycles. The molecule has 0 aliphatic carbocycles. The van der Waals surface area contributed by atoms with Crippen molar-refractivity contribution in [3.63, 3.8) is 0 Å². The van der Waals surface area contributed by atoms with Crippen molar-refractivity contribution in [2.75, 3.05) is 26.0 Å². The number of hydrogen-bond acceptors (Lipinski definition) is 5. The van der Waals surface area contributed by atoms with Gasteiger partial charge in [0.05, 0.1) is 34.9 Å². The second kappa shape index (κ2) is 9.82. The molecule has 0 bridgehead atoms. The second-order valence-electron chi connectivity index (χ2n) is 9.61. The van der Waals surface area contributed by atoms with E-state index in [1.54, 1.807) is 17.0 Å². The number of primary amides is 1. The first-order valence-corrected chi connectivity index (χ1v) is 11.6. The summed E-state index contributed by atoms with van der Waals surface area (Å²) in [5.41, 5.74) is 7.46. The highest BCUT2D eigenvalue weighted by Crippen LogP contribution is 2.40. The van der Waals surface area contributed by atoms with E-state index in [0.717, 1.165) is 11.3 Å². The van der Waals surface area contributed by atoms with Gasteiger partial charge < -0.3 is 26.2 Å². The van der Waals surface area contributed by atoms with Crippen LogP contribution in [-0.4, -0.2) is 58.5 Å². The third-order valence-corrected chi connectivity index (χ3v) is 6.43. The van der Waals surface area contributed by atoms with Crippen LogP contribution in [-0.2, 0) is 12.1 Å². The first kappa shape index (κ1) is 24.9. The molecule has 0 radical (unpaired) electrons. The van der Waals surface area contributed by atoms with Crippen LogP contribution in [0.3, 0.4) is 0 Å². The van der Waals surface area contributed by atoms with E-state index in [4.69, 9.17) is 5.73 Å². The highest BCUT2D eigenvalue weighted by Gasteiger charge is 2.44. The number of H-pyrrole nitrogens is 1. The van der Waals surface area contributed by atoms with E-state index >= 15 is 0 Å². The van der Waals surface area contributed by atoms with Crippen LogP contribution in [0.25, 0.3) is 0 Å². The summed E-state index contributed by atoms with van der Waals surface area (Å²) >= 11 is 0. The van der Waals surface area contributed by atoms with Crippen LogP contribution in [0.2, 0.25) is 0 Å². The smallest absolute Gasteiger partial charge is 0.319 e. The molecule has 0 unspecified atom stereocenters. The molecule has 1 atom stereocenters. The number of rotatable bonds is 7. The van der Waals surface area contributed by atoms with Gasteiger partial charge in [0.25, 0.3) is 5.91 Å². The third-order valence-electron chi connectivity index (χ3n) is 6.43. The normalized spacial score (nSPS) is 14.9. The Morgan fingerprint density at radius 1 is 1.08 bits per heavy atom. The number of aromatic amines is 1. The van der Waals surface area contributed by atoms with Crippen LogP contribution in [0.5, 0.6) is 0 Å². The van der Waals surface area contributed by atoms with E-state index in [9.17, 15) is 14.4 Å². The number of nitrogens with one attached hydrogen (secondary N) is 3. The Morgan fingerprint density at radius 2 is 1.72 bits per heavy atom. The van der Waals surface area contributed by atoms with Gasteiger partial charge in [0, 0.05) is 12.1 Å². The lowest BCUT2D eigenvalue weighted by Gasteiger charge is -2.34. The molecule has 1 aliphatic heterocycles. The molecule has 2 aromatic carbocycles. The molecule has 0 spiro atoms. The van der Waals surface area contributed by atoms with Crippen LogP contribution >= 0.6 is 0 Å². The summed E-state index contributed by atoms with van der Waals surface area (Å²) in [6, 6.07) is 15.7. The van der Waals surface area contributed by atoms with Crippen molar-refractivity contribution in [2.45, 2.75) is 32.0 Å². The van der Waals surface area contributed by atoms with Gasteiger partial charge in [0.2, 0.25) is 5.91 Å². The molecule has 2 heterocycles. The molecule has 4 amide bonds. The van der Waals surface area contributed by atoms with Crippen molar-refractivity contribution >= 4 is 23.7 Å². The molecule has 1 aliphatic rings. The van der Waals surface area contributed by atoms with Gasteiger partial charge in [-0.3, -0.25) is 14.7 Å². The van der Waals surface area contributed by atoms with Gasteiger partial charge in [-0.25, -0.2) is 4.79 Å². The highest BCUT2D eigenvalue weighted by atomic mass is 16.2. The van der Waals surface area contributed by atoms with E-state index in [-0.39, 0.29) is 29.7 Å². The Bertz CT molecular complexity index is 1280. The largest absolute Gasteiger partial charge is 0.366 e. The molecule has 4 rings (SSSR count). The molecule has 10 nitrogen and oxygen atoms in total. The third kappa shape index (κ3) is 4.80. The molecule has 188 valence electrons. The number of fused-ring (bicyclic) bond motifs is 1. The van der Waals surface area contributed by atoms with Gasteiger partial charge in [0.1, 0.15) is 0 Å². The molecule has 0 fully saturated rings. The second-order valence-corrected chi connectivity index (χ2v) is 9.61. The maximum absolute atomic E-state index is 13.5. The number of carbonyl (C=O) groups is 3. The lowest BCUT2D eigenvalue weighted by molar-refractivity contribution is 0.0977. The SMILES string of the molecule is CN(C)C[C@@H](NC(=O)N1Cc2c(NC(=O)c3ccccc3C(N)=O)n[nH]c2C1(C)C)c1ccccc1. The zero-order chi connectivity index (χ0) is 26.0. The van der Waals surface area contributed by atoms with Gasteiger partial charge in [-0.2, -0.15) is 5.10 Å². The number of aromatic nitrogens is 2. The number of benzene rings is 2. The average Bonchev–Trinajstić information content (AvgIpc) is 3.36. The maximum atomic E-state index is 13.5. The molecule has 1 aromatic heterocycles. The predicted molar refractivity (Wildman–Crippen MR) is 136 cm³/mol. The zero-order valence-electron chi connectivity index (χ0n) is 20.8. The average molecular weight is 490 g/mol. The number of likely N-dealkylation sites (N-methyl/N-ethyl adjacent to an activating group) is 1. The van der Waals surface area contributed by atoms with Crippen molar-refractivity contribution < 1.29 is 14.4 Å². The van der Waals surface area contributed by atoms with E-state index < -0.39 is 17.4 Å². The lowest BCUT2D eigenvalue weighted by Crippen LogP contribution is -2.48. The molecule has 5 N–H and O–H groups in total. The number of nitrogens with two attached hydrogens (primary N) is 1. The zero-order valence-corrected chi connectivity index (χ0v) is 20.8. The van der Waals surface area contributed by atoms with Gasteiger partial charge in [0.15, 0.2) is 5.82 Å². The molecule has 0 saturated heterocycles. The topological polar surface area (TPSA) is 136 Å². The number of amides is 4. The van der Waals surface area contributed by atoms with Crippen molar-refractivity contribution in [3.8, 4) is 0 Å². The molecule has 3 aromatic rings. The van der Waals surface area contributed by atoms with E-state index in [1.165, 1.54) is 12.1 Å². The molecule has 10 heteroatoms. The minimum Gasteiger partial charge on any atom is -0.366 e. The maximum Gasteiger partial charge on any atom is 0.319 e. The minimum atomic E-state index is -0.695. The van der Waals surface area contributed by atoms with E-state index in [0.29, 0.717) is 17.9 Å². The van der Waals surface area contributed by atoms with Gasteiger partial charge in [-0.1, -0.05) is 42.5 Å². The van der Waals surface area contributed by atoms with Crippen molar-refractivity contribution in [1.29, 1.82) is 0 Å². The fraction of sp³-hybridized carbons (Fsp3) is 0.308. The quantitative estimate of drug-likeness (QED) is 0.405. The van der Waals surface area contributed by atoms with Crippen LogP contribution in [0.4, 0.5) is 10.6 Å². The van der Waals surface area contributed by atoms with E-state index in [2.05, 4.69) is 20.8 Å². The first-order valence-electron chi connectivity index (χ1n) is 11.6. The highest BCUT2D eigenvalue weighted by molar-refractivity contribution is 6.11. The van der Waals surface area contributed by atoms with Crippen molar-refractivity contribution in [1.82, 2.24) is 25.3 Å². The Kier molecular flexibility index (Phi) is 6.80. The Hall–Kier alpha value is -4.18. The molecular formula is C26H31N7O3. The Labute approximate surface area is 209 Å². The number of carbonyl (C=O) groups excluding carboxylic acids is 3. The van der Waals surface area contributed by atoms with Gasteiger partial charge in [-0.15, -0.1) is 0 Å². The van der Waals surface area contributed by atoms with Crippen LogP contribution in [0.15, 0.2) is 54.6 Å². The summed E-state index contributed by atoms with van der Waals surface area (Å²) in [6.45, 7) is 4.74. The number of nitrogens with zero attached hydrogens (tertiary/aromatic N) is 3. The summed E-state index contributed by atoms with van der Waals surface area (Å²) in [6.07, 6.45) is 0. The molecular weight excluding hydrogens is 458 g/mol. The van der Waals surface area contributed by atoms with Crippen LogP contribution < -0.4 is 16.4 Å². The summed E-state index contributed by atoms with van der Waals surface area (Å²) in [5, 5.41) is 13.2. The first-order chi connectivity index (χ1) is 17.1. The predicted octanol–water partition coefficient (Wildman–Crippen LogP) is 2.82. The Balaban J connectivity index is 1.55. The Morgan fingerprint density at radius 3 is 2.36 bits per heavy atom. The van der Waals surface area contributed by atoms with E-state index in [1.807, 2.05) is 63.2 Å². The lowest BCUT2D eigenvalue weighted by atomic mass is 10.0. The van der Waals surface area contributed by atoms with Crippen LogP contribution in [0.1, 0.15) is 57.4 Å². The summed E-state index contributed by atoms with van der Waals surface area (Å²) in [4.78, 5) is 41.9. The van der Waals surface area contributed by atoms with Gasteiger partial charge >= 0.3 is 6.03 Å². The number of hydrogen-bond donors (Lipinski definition) is 4. The number of anilines is 1. The summed E-state index contributed by atoms with van der Waals surface area (Å²) < 4.78 is 0. The summed E-state index contributed by atoms with van der Waals surface area (Å²) in [7, 11) is 3.92. The fourth-order valence-corrected chi connectivity index (χ4v) is 4.53. The monoisotopic (exact) mass is 489 g/mol. The molecule has 36 heavy (non-hydrogen) atoms. The van der Waals surface area contributed by atoms with Crippen molar-refractivity contribution in [2.24, 2.45) is 5.73 Å². The van der Waals surface area contributed by atoms with Gasteiger partial charge in [-0.05, 0) is 45.6 Å². The van der Waals surface area contributed by atoms with Crippen LogP contribution in [0, 0.1) is 0 Å². The number of urea groups is 1. The fourth-order valence-electron chi connectivity index (χ4n) is 4.53.